The normalized spacial score (nSPS) is 20.1. The molecule has 0 aliphatic carbocycles. The summed E-state index contributed by atoms with van der Waals surface area (Å²) in [5.74, 6) is 0. The van der Waals surface area contributed by atoms with Gasteiger partial charge in [-0.1, -0.05) is 0 Å². The Labute approximate surface area is 41.5 Å². The number of carbonyl (C=O) groups excluding carboxylic acids is 1. The standard InChI is InChI=1S/C3H7N3O/c1-6-2-4-5-3(6)7/h4H,2H2,1H3,(H,5,7). The van der Waals surface area contributed by atoms with Gasteiger partial charge in [0.2, 0.25) is 0 Å². The van der Waals surface area contributed by atoms with Gasteiger partial charge in [-0.05, 0) is 0 Å². The number of nitrogens with zero attached hydrogens (tertiary/aromatic N) is 1. The van der Waals surface area contributed by atoms with Gasteiger partial charge in [-0.2, -0.15) is 0 Å². The van der Waals surface area contributed by atoms with E-state index in [-0.39, 0.29) is 6.03 Å². The molecule has 0 atom stereocenters. The lowest BCUT2D eigenvalue weighted by atomic mass is 10.8. The highest BCUT2D eigenvalue weighted by atomic mass is 16.2. The van der Waals surface area contributed by atoms with Crippen LogP contribution in [0.25, 0.3) is 0 Å². The number of rotatable bonds is 0. The predicted molar refractivity (Wildman–Crippen MR) is 24.3 cm³/mol. The molecule has 0 unspecified atom stereocenters. The van der Waals surface area contributed by atoms with Crippen molar-refractivity contribution in [1.29, 1.82) is 0 Å². The van der Waals surface area contributed by atoms with E-state index >= 15 is 0 Å². The smallest absolute Gasteiger partial charge is 0.312 e. The fourth-order valence-corrected chi connectivity index (χ4v) is 0.401. The summed E-state index contributed by atoms with van der Waals surface area (Å²) in [7, 11) is 1.72. The Bertz CT molecular complexity index is 92.2. The van der Waals surface area contributed by atoms with E-state index in [1.807, 2.05) is 0 Å². The summed E-state index contributed by atoms with van der Waals surface area (Å²) in [4.78, 5) is 11.9. The highest BCUT2D eigenvalue weighted by Gasteiger charge is 2.12. The number of hydrogen-bond donors (Lipinski definition) is 2. The summed E-state index contributed by atoms with van der Waals surface area (Å²) >= 11 is 0. The molecule has 0 spiro atoms. The van der Waals surface area contributed by atoms with Gasteiger partial charge in [0.05, 0.1) is 6.67 Å². The molecule has 0 aromatic heterocycles. The molecule has 4 heteroatoms. The highest BCUT2D eigenvalue weighted by molar-refractivity contribution is 5.74. The largest absolute Gasteiger partial charge is 0.332 e. The second kappa shape index (κ2) is 1.38. The zero-order valence-corrected chi connectivity index (χ0v) is 4.06. The Balaban J connectivity index is 2.48. The second-order valence-corrected chi connectivity index (χ2v) is 1.46. The van der Waals surface area contributed by atoms with Gasteiger partial charge in [0.15, 0.2) is 0 Å². The second-order valence-electron chi connectivity index (χ2n) is 1.46. The predicted octanol–water partition coefficient (Wildman–Crippen LogP) is -0.896. The summed E-state index contributed by atoms with van der Waals surface area (Å²) in [6.07, 6.45) is 0. The number of hydrazine groups is 1. The van der Waals surface area contributed by atoms with Crippen LogP contribution in [0.15, 0.2) is 0 Å². The third-order valence-corrected chi connectivity index (χ3v) is 0.858. The monoisotopic (exact) mass is 101 g/mol. The minimum atomic E-state index is -0.0694. The third kappa shape index (κ3) is 0.640. The van der Waals surface area contributed by atoms with Crippen LogP contribution in [0.5, 0.6) is 0 Å². The molecule has 4 nitrogen and oxygen atoms in total. The molecule has 0 saturated carbocycles. The van der Waals surface area contributed by atoms with Gasteiger partial charge >= 0.3 is 6.03 Å². The average molecular weight is 101 g/mol. The Kier molecular flexibility index (Phi) is 0.867. The van der Waals surface area contributed by atoms with Crippen LogP contribution < -0.4 is 10.9 Å². The quantitative estimate of drug-likeness (QED) is 0.415. The van der Waals surface area contributed by atoms with Crippen LogP contribution in [0.4, 0.5) is 4.79 Å². The zero-order valence-electron chi connectivity index (χ0n) is 4.06. The number of hydrogen-bond acceptors (Lipinski definition) is 2. The van der Waals surface area contributed by atoms with Crippen molar-refractivity contribution in [2.45, 2.75) is 0 Å². The van der Waals surface area contributed by atoms with E-state index in [0.29, 0.717) is 6.67 Å². The van der Waals surface area contributed by atoms with E-state index in [0.717, 1.165) is 0 Å². The summed E-state index contributed by atoms with van der Waals surface area (Å²) in [5.41, 5.74) is 5.05. The minimum absolute atomic E-state index is 0.0694. The molecule has 0 aromatic carbocycles. The Hall–Kier alpha value is -0.770. The molecular weight excluding hydrogens is 94.1 g/mol. The van der Waals surface area contributed by atoms with Crippen LogP contribution >= 0.6 is 0 Å². The fraction of sp³-hybridized carbons (Fsp3) is 0.667. The summed E-state index contributed by atoms with van der Waals surface area (Å²) in [6.45, 7) is 0.596. The molecule has 0 bridgehead atoms. The van der Waals surface area contributed by atoms with Crippen molar-refractivity contribution in [3.8, 4) is 0 Å². The maximum atomic E-state index is 10.3. The first-order valence-corrected chi connectivity index (χ1v) is 2.04. The van der Waals surface area contributed by atoms with Gasteiger partial charge in [-0.25, -0.2) is 10.2 Å². The molecule has 1 aliphatic heterocycles. The van der Waals surface area contributed by atoms with E-state index in [1.165, 1.54) is 0 Å². The molecule has 1 saturated heterocycles. The number of amides is 2. The van der Waals surface area contributed by atoms with Gasteiger partial charge in [0, 0.05) is 7.05 Å². The molecule has 2 amide bonds. The van der Waals surface area contributed by atoms with Crippen LogP contribution in [0.3, 0.4) is 0 Å². The third-order valence-electron chi connectivity index (χ3n) is 0.858. The Morgan fingerprint density at radius 1 is 1.86 bits per heavy atom. The molecule has 2 N–H and O–H groups in total. The number of carbonyl (C=O) groups is 1. The molecule has 1 heterocycles. The number of nitrogens with one attached hydrogen (secondary N) is 2. The van der Waals surface area contributed by atoms with Crippen molar-refractivity contribution in [2.24, 2.45) is 0 Å². The first kappa shape index (κ1) is 4.39. The molecule has 1 rings (SSSR count). The fourth-order valence-electron chi connectivity index (χ4n) is 0.401. The van der Waals surface area contributed by atoms with Crippen molar-refractivity contribution in [2.75, 3.05) is 13.7 Å². The highest BCUT2D eigenvalue weighted by Crippen LogP contribution is 1.83. The summed E-state index contributed by atoms with van der Waals surface area (Å²) in [6, 6.07) is -0.0694. The molecule has 1 fully saturated rings. The topological polar surface area (TPSA) is 44.4 Å². The van der Waals surface area contributed by atoms with Gasteiger partial charge in [0.25, 0.3) is 0 Å². The molecule has 7 heavy (non-hydrogen) atoms. The molecule has 40 valence electrons. The van der Waals surface area contributed by atoms with Crippen molar-refractivity contribution >= 4 is 6.03 Å². The SMILES string of the molecule is CN1CNNC1=O. The Morgan fingerprint density at radius 3 is 2.71 bits per heavy atom. The Morgan fingerprint density at radius 2 is 2.57 bits per heavy atom. The van der Waals surface area contributed by atoms with Crippen molar-refractivity contribution in [1.82, 2.24) is 15.8 Å². The van der Waals surface area contributed by atoms with Crippen LogP contribution in [0, 0.1) is 0 Å². The summed E-state index contributed by atoms with van der Waals surface area (Å²) < 4.78 is 0. The minimum Gasteiger partial charge on any atom is -0.312 e. The molecule has 0 aromatic rings. The maximum absolute atomic E-state index is 10.3. The lowest BCUT2D eigenvalue weighted by molar-refractivity contribution is 0.226. The first-order valence-electron chi connectivity index (χ1n) is 2.04. The lowest BCUT2D eigenvalue weighted by Gasteiger charge is -1.99. The molecular formula is C3H7N3O. The van der Waals surface area contributed by atoms with Crippen molar-refractivity contribution in [3.63, 3.8) is 0 Å². The molecule has 1 aliphatic rings. The first-order chi connectivity index (χ1) is 3.30. The van der Waals surface area contributed by atoms with Gasteiger partial charge < -0.3 is 4.90 Å². The van der Waals surface area contributed by atoms with E-state index in [1.54, 1.807) is 11.9 Å². The molecule has 0 radical (unpaired) electrons. The van der Waals surface area contributed by atoms with E-state index in [9.17, 15) is 4.79 Å². The van der Waals surface area contributed by atoms with Gasteiger partial charge in [-0.3, -0.25) is 5.43 Å². The van der Waals surface area contributed by atoms with Crippen LogP contribution in [0.1, 0.15) is 0 Å². The maximum Gasteiger partial charge on any atom is 0.332 e. The van der Waals surface area contributed by atoms with Crippen molar-refractivity contribution < 1.29 is 4.79 Å². The van der Waals surface area contributed by atoms with Gasteiger partial charge in [-0.15, -0.1) is 0 Å². The van der Waals surface area contributed by atoms with Gasteiger partial charge in [0.1, 0.15) is 0 Å². The van der Waals surface area contributed by atoms with Crippen LogP contribution in [0.2, 0.25) is 0 Å². The van der Waals surface area contributed by atoms with E-state index in [2.05, 4.69) is 10.9 Å². The van der Waals surface area contributed by atoms with E-state index < -0.39 is 0 Å². The van der Waals surface area contributed by atoms with Crippen molar-refractivity contribution in [3.05, 3.63) is 0 Å². The number of urea groups is 1. The summed E-state index contributed by atoms with van der Waals surface area (Å²) in [5, 5.41) is 0. The zero-order chi connectivity index (χ0) is 5.28. The average Bonchev–Trinajstić information content (AvgIpc) is 1.91. The van der Waals surface area contributed by atoms with E-state index in [4.69, 9.17) is 0 Å². The lowest BCUT2D eigenvalue weighted by Crippen LogP contribution is -2.26. The van der Waals surface area contributed by atoms with Crippen LogP contribution in [-0.4, -0.2) is 24.6 Å². The van der Waals surface area contributed by atoms with Crippen LogP contribution in [-0.2, 0) is 0 Å².